The maximum atomic E-state index is 12.3. The first-order valence-corrected chi connectivity index (χ1v) is 9.00. The Bertz CT molecular complexity index is 918. The predicted molar refractivity (Wildman–Crippen MR) is 106 cm³/mol. The summed E-state index contributed by atoms with van der Waals surface area (Å²) in [6, 6.07) is 13.6. The molecule has 0 unspecified atom stereocenters. The van der Waals surface area contributed by atoms with Crippen molar-refractivity contribution in [1.82, 2.24) is 10.2 Å². The van der Waals surface area contributed by atoms with E-state index in [4.69, 9.17) is 0 Å². The Kier molecular flexibility index (Phi) is 5.84. The van der Waals surface area contributed by atoms with Crippen molar-refractivity contribution in [1.29, 1.82) is 0 Å². The van der Waals surface area contributed by atoms with Gasteiger partial charge in [0, 0.05) is 43.4 Å². The molecule has 1 aliphatic rings. The number of rotatable bonds is 7. The lowest BCUT2D eigenvalue weighted by Crippen LogP contribution is -2.26. The number of nitro benzene ring substituents is 1. The summed E-state index contributed by atoms with van der Waals surface area (Å²) in [6.45, 7) is 0.392. The van der Waals surface area contributed by atoms with Crippen molar-refractivity contribution in [3.63, 3.8) is 0 Å². The van der Waals surface area contributed by atoms with Crippen LogP contribution in [0.4, 0.5) is 5.69 Å². The molecule has 0 saturated heterocycles. The van der Waals surface area contributed by atoms with E-state index in [1.165, 1.54) is 23.1 Å². The first-order chi connectivity index (χ1) is 13.4. The summed E-state index contributed by atoms with van der Waals surface area (Å²) in [6.07, 6.45) is 5.02. The van der Waals surface area contributed by atoms with Crippen LogP contribution in [-0.4, -0.2) is 34.7 Å². The molecule has 1 N–H and O–H groups in total. The molecule has 2 aromatic carbocycles. The lowest BCUT2D eigenvalue weighted by molar-refractivity contribution is -0.384. The van der Waals surface area contributed by atoms with Crippen molar-refractivity contribution >= 4 is 23.6 Å². The van der Waals surface area contributed by atoms with Crippen LogP contribution in [0.1, 0.15) is 34.3 Å². The van der Waals surface area contributed by atoms with Crippen molar-refractivity contribution in [2.24, 2.45) is 0 Å². The van der Waals surface area contributed by atoms with Gasteiger partial charge in [0.2, 0.25) is 5.91 Å². The maximum absolute atomic E-state index is 12.3. The molecule has 7 heteroatoms. The Balaban J connectivity index is 1.56. The van der Waals surface area contributed by atoms with Gasteiger partial charge in [0.15, 0.2) is 0 Å². The van der Waals surface area contributed by atoms with Crippen LogP contribution in [0.25, 0.3) is 6.08 Å². The number of hydrogen-bond acceptors (Lipinski definition) is 4. The topological polar surface area (TPSA) is 92.6 Å². The summed E-state index contributed by atoms with van der Waals surface area (Å²) in [7, 11) is 1.67. The highest BCUT2D eigenvalue weighted by Gasteiger charge is 2.23. The van der Waals surface area contributed by atoms with Crippen molar-refractivity contribution in [2.75, 3.05) is 7.05 Å². The van der Waals surface area contributed by atoms with Gasteiger partial charge in [-0.1, -0.05) is 24.3 Å². The summed E-state index contributed by atoms with van der Waals surface area (Å²) in [5.41, 5.74) is 2.08. The molecular weight excluding hydrogens is 358 g/mol. The Morgan fingerprint density at radius 2 is 1.93 bits per heavy atom. The maximum Gasteiger partial charge on any atom is 0.270 e. The molecule has 2 amide bonds. The Morgan fingerprint density at radius 3 is 2.57 bits per heavy atom. The van der Waals surface area contributed by atoms with Crippen LogP contribution in [0.2, 0.25) is 0 Å². The second-order valence-electron chi connectivity index (χ2n) is 6.82. The van der Waals surface area contributed by atoms with Crippen LogP contribution in [0.15, 0.2) is 54.6 Å². The Morgan fingerprint density at radius 1 is 1.21 bits per heavy atom. The van der Waals surface area contributed by atoms with Gasteiger partial charge >= 0.3 is 0 Å². The molecule has 0 atom stereocenters. The molecule has 0 spiro atoms. The smallest absolute Gasteiger partial charge is 0.270 e. The molecule has 28 heavy (non-hydrogen) atoms. The zero-order chi connectivity index (χ0) is 20.1. The largest absolute Gasteiger partial charge is 0.349 e. The van der Waals surface area contributed by atoms with E-state index >= 15 is 0 Å². The van der Waals surface area contributed by atoms with E-state index in [0.29, 0.717) is 23.7 Å². The molecule has 144 valence electrons. The van der Waals surface area contributed by atoms with Gasteiger partial charge in [-0.25, -0.2) is 0 Å². The van der Waals surface area contributed by atoms with Gasteiger partial charge in [-0.05, 0) is 42.2 Å². The summed E-state index contributed by atoms with van der Waals surface area (Å²) < 4.78 is 0. The molecule has 0 aliphatic heterocycles. The van der Waals surface area contributed by atoms with Gasteiger partial charge in [0.25, 0.3) is 11.6 Å². The number of benzene rings is 2. The average molecular weight is 379 g/mol. The molecule has 1 saturated carbocycles. The minimum Gasteiger partial charge on any atom is -0.349 e. The highest BCUT2D eigenvalue weighted by atomic mass is 16.6. The van der Waals surface area contributed by atoms with Crippen molar-refractivity contribution in [2.45, 2.75) is 25.4 Å². The molecule has 1 fully saturated rings. The number of hydrogen-bond donors (Lipinski definition) is 1. The molecule has 3 rings (SSSR count). The van der Waals surface area contributed by atoms with Crippen molar-refractivity contribution in [3.8, 4) is 0 Å². The van der Waals surface area contributed by atoms with Gasteiger partial charge in [-0.2, -0.15) is 0 Å². The molecule has 1 aliphatic carbocycles. The number of nitro groups is 1. The summed E-state index contributed by atoms with van der Waals surface area (Å²) in [5, 5.41) is 13.7. The Labute approximate surface area is 162 Å². The fraction of sp³-hybridized carbons (Fsp3) is 0.238. The van der Waals surface area contributed by atoms with E-state index in [-0.39, 0.29) is 17.5 Å². The van der Waals surface area contributed by atoms with Crippen LogP contribution in [0.5, 0.6) is 0 Å². The van der Waals surface area contributed by atoms with Crippen LogP contribution < -0.4 is 5.32 Å². The quantitative estimate of drug-likeness (QED) is 0.454. The highest BCUT2D eigenvalue weighted by molar-refractivity contribution is 5.94. The van der Waals surface area contributed by atoms with Gasteiger partial charge in [-0.3, -0.25) is 19.7 Å². The lowest BCUT2D eigenvalue weighted by atomic mass is 10.1. The van der Waals surface area contributed by atoms with E-state index in [1.807, 2.05) is 12.1 Å². The summed E-state index contributed by atoms with van der Waals surface area (Å²) in [5.74, 6) is -0.291. The van der Waals surface area contributed by atoms with Gasteiger partial charge < -0.3 is 10.2 Å². The normalized spacial score (nSPS) is 13.3. The van der Waals surface area contributed by atoms with Gasteiger partial charge in [0.1, 0.15) is 0 Å². The van der Waals surface area contributed by atoms with Crippen LogP contribution >= 0.6 is 0 Å². The van der Waals surface area contributed by atoms with E-state index in [9.17, 15) is 19.7 Å². The number of nitrogens with zero attached hydrogens (tertiary/aromatic N) is 2. The Hall–Kier alpha value is -3.48. The van der Waals surface area contributed by atoms with Gasteiger partial charge in [-0.15, -0.1) is 0 Å². The fourth-order valence-corrected chi connectivity index (χ4v) is 2.65. The van der Waals surface area contributed by atoms with E-state index < -0.39 is 4.92 Å². The number of carbonyl (C=O) groups is 2. The molecule has 0 heterocycles. The van der Waals surface area contributed by atoms with Crippen LogP contribution in [-0.2, 0) is 11.3 Å². The van der Waals surface area contributed by atoms with Crippen molar-refractivity contribution < 1.29 is 14.5 Å². The number of likely N-dealkylation sites (N-methyl/N-ethyl adjacent to an activating group) is 1. The zero-order valence-electron chi connectivity index (χ0n) is 15.5. The number of nitrogens with one attached hydrogen (secondary N) is 1. The highest BCUT2D eigenvalue weighted by Crippen LogP contribution is 2.19. The second kappa shape index (κ2) is 8.47. The SMILES string of the molecule is CN(Cc1ccc(C(=O)NC2CC2)cc1)C(=O)/C=C\c1cccc([N+](=O)[O-])c1. The van der Waals surface area contributed by atoms with Crippen LogP contribution in [0, 0.1) is 10.1 Å². The molecule has 7 nitrogen and oxygen atoms in total. The molecule has 0 bridgehead atoms. The monoisotopic (exact) mass is 379 g/mol. The van der Waals surface area contributed by atoms with Crippen molar-refractivity contribution in [3.05, 3.63) is 81.4 Å². The third-order valence-corrected chi connectivity index (χ3v) is 4.42. The summed E-state index contributed by atoms with van der Waals surface area (Å²) in [4.78, 5) is 36.1. The lowest BCUT2D eigenvalue weighted by Gasteiger charge is -2.15. The summed E-state index contributed by atoms with van der Waals surface area (Å²) >= 11 is 0. The number of non-ortho nitro benzene ring substituents is 1. The molecule has 0 radical (unpaired) electrons. The average Bonchev–Trinajstić information content (AvgIpc) is 3.50. The van der Waals surface area contributed by atoms with E-state index in [0.717, 1.165) is 18.4 Å². The molecular formula is C21H21N3O4. The second-order valence-corrected chi connectivity index (χ2v) is 6.82. The standard InChI is InChI=1S/C21H21N3O4/c1-23(20(25)12-7-15-3-2-4-19(13-15)24(27)28)14-16-5-8-17(9-6-16)21(26)22-18-10-11-18/h2-9,12-13,18H,10-11,14H2,1H3,(H,22,26)/b12-7-. The first kappa shape index (κ1) is 19.3. The molecule has 2 aromatic rings. The predicted octanol–water partition coefficient (Wildman–Crippen LogP) is 3.16. The zero-order valence-corrected chi connectivity index (χ0v) is 15.5. The van der Waals surface area contributed by atoms with E-state index in [2.05, 4.69) is 5.32 Å². The van der Waals surface area contributed by atoms with E-state index in [1.54, 1.807) is 37.4 Å². The number of amides is 2. The number of carbonyl (C=O) groups excluding carboxylic acids is 2. The first-order valence-electron chi connectivity index (χ1n) is 9.00. The minimum absolute atomic E-state index is 0.0197. The third-order valence-electron chi connectivity index (χ3n) is 4.42. The van der Waals surface area contributed by atoms with Gasteiger partial charge in [0.05, 0.1) is 4.92 Å². The van der Waals surface area contributed by atoms with Crippen LogP contribution in [0.3, 0.4) is 0 Å². The molecule has 0 aromatic heterocycles. The fourth-order valence-electron chi connectivity index (χ4n) is 2.65. The third kappa shape index (κ3) is 5.26. The minimum atomic E-state index is -0.472.